The molecule has 2 rings (SSSR count). The van der Waals surface area contributed by atoms with E-state index in [1.54, 1.807) is 24.3 Å². The SMILES string of the molecule is CC(C)(C)C(Cc1ccc(O)cc1)(OC(Cc1ccc(O)cc1)(C(C)(C)C)C(C)(C)C)C(C)(C)C. The first-order chi connectivity index (χ1) is 15.7. The zero-order valence-corrected chi connectivity index (χ0v) is 24.3. The maximum Gasteiger partial charge on any atom is 0.115 e. The van der Waals surface area contributed by atoms with Gasteiger partial charge < -0.3 is 14.9 Å². The number of benzene rings is 2. The Bertz CT molecular complexity index is 847. The third-order valence-corrected chi connectivity index (χ3v) is 7.97. The quantitative estimate of drug-likeness (QED) is 0.433. The first kappa shape index (κ1) is 29.2. The predicted octanol–water partition coefficient (Wildman–Crippen LogP) is 8.56. The van der Waals surface area contributed by atoms with E-state index < -0.39 is 11.2 Å². The molecular formula is C32H50O3. The number of hydrogen-bond acceptors (Lipinski definition) is 3. The van der Waals surface area contributed by atoms with E-state index in [2.05, 4.69) is 83.1 Å². The maximum absolute atomic E-state index is 9.91. The highest BCUT2D eigenvalue weighted by Crippen LogP contribution is 2.58. The molecule has 0 aliphatic rings. The molecule has 0 fully saturated rings. The van der Waals surface area contributed by atoms with E-state index in [4.69, 9.17) is 4.74 Å². The van der Waals surface area contributed by atoms with Crippen LogP contribution in [0.1, 0.15) is 94.2 Å². The minimum atomic E-state index is -0.533. The van der Waals surface area contributed by atoms with E-state index >= 15 is 0 Å². The molecule has 35 heavy (non-hydrogen) atoms. The average molecular weight is 483 g/mol. The fourth-order valence-corrected chi connectivity index (χ4v) is 6.10. The molecule has 2 aromatic rings. The Morgan fingerprint density at radius 2 is 0.686 bits per heavy atom. The summed E-state index contributed by atoms with van der Waals surface area (Å²) in [6.07, 6.45) is 1.45. The Labute approximate surface area is 214 Å². The van der Waals surface area contributed by atoms with Gasteiger partial charge in [-0.2, -0.15) is 0 Å². The molecule has 0 unspecified atom stereocenters. The maximum atomic E-state index is 9.91. The summed E-state index contributed by atoms with van der Waals surface area (Å²) in [5, 5.41) is 19.8. The second kappa shape index (κ2) is 9.47. The van der Waals surface area contributed by atoms with Crippen molar-refractivity contribution in [1.29, 1.82) is 0 Å². The number of ether oxygens (including phenoxy) is 1. The van der Waals surface area contributed by atoms with Crippen LogP contribution in [0.15, 0.2) is 48.5 Å². The molecule has 0 heterocycles. The molecule has 196 valence electrons. The molecule has 0 atom stereocenters. The van der Waals surface area contributed by atoms with Crippen molar-refractivity contribution in [3.05, 3.63) is 59.7 Å². The Balaban J connectivity index is 2.84. The summed E-state index contributed by atoms with van der Waals surface area (Å²) in [7, 11) is 0. The van der Waals surface area contributed by atoms with E-state index in [1.807, 2.05) is 24.3 Å². The summed E-state index contributed by atoms with van der Waals surface area (Å²) in [5.41, 5.74) is 0.449. The lowest BCUT2D eigenvalue weighted by Gasteiger charge is -2.63. The van der Waals surface area contributed by atoms with Crippen LogP contribution in [0.5, 0.6) is 11.5 Å². The van der Waals surface area contributed by atoms with Crippen molar-refractivity contribution in [3.63, 3.8) is 0 Å². The van der Waals surface area contributed by atoms with Gasteiger partial charge in [-0.05, 0) is 57.1 Å². The van der Waals surface area contributed by atoms with Crippen molar-refractivity contribution < 1.29 is 14.9 Å². The molecule has 0 aromatic heterocycles. The fraction of sp³-hybridized carbons (Fsp3) is 0.625. The van der Waals surface area contributed by atoms with Crippen LogP contribution >= 0.6 is 0 Å². The standard InChI is InChI=1S/C32H50O3/c1-27(2,3)31(28(4,5)6,21-23-13-17-25(33)18-14-23)35-32(29(7,8)9,30(10,11)12)22-24-15-19-26(34)20-16-24/h13-20,33-34H,21-22H2,1-12H3. The topological polar surface area (TPSA) is 49.7 Å². The van der Waals surface area contributed by atoms with E-state index in [9.17, 15) is 10.2 Å². The second-order valence-electron chi connectivity index (χ2n) is 14.4. The summed E-state index contributed by atoms with van der Waals surface area (Å²) >= 11 is 0. The van der Waals surface area contributed by atoms with Crippen LogP contribution in [-0.4, -0.2) is 21.4 Å². The Kier molecular flexibility index (Phi) is 7.91. The minimum absolute atomic E-state index is 0.195. The molecule has 0 spiro atoms. The highest BCUT2D eigenvalue weighted by molar-refractivity contribution is 5.30. The Morgan fingerprint density at radius 3 is 0.886 bits per heavy atom. The van der Waals surface area contributed by atoms with E-state index in [0.29, 0.717) is 0 Å². The van der Waals surface area contributed by atoms with Crippen molar-refractivity contribution in [1.82, 2.24) is 0 Å². The molecular weight excluding hydrogens is 432 g/mol. The highest BCUT2D eigenvalue weighted by Gasteiger charge is 2.61. The summed E-state index contributed by atoms with van der Waals surface area (Å²) in [5.74, 6) is 0.552. The van der Waals surface area contributed by atoms with Gasteiger partial charge in [-0.25, -0.2) is 0 Å². The van der Waals surface area contributed by atoms with Crippen molar-refractivity contribution in [2.75, 3.05) is 0 Å². The Morgan fingerprint density at radius 1 is 0.457 bits per heavy atom. The molecule has 0 radical (unpaired) electrons. The second-order valence-corrected chi connectivity index (χ2v) is 14.4. The highest BCUT2D eigenvalue weighted by atomic mass is 16.5. The largest absolute Gasteiger partial charge is 0.508 e. The minimum Gasteiger partial charge on any atom is -0.508 e. The molecule has 0 saturated heterocycles. The molecule has 2 N–H and O–H groups in total. The van der Waals surface area contributed by atoms with Crippen LogP contribution in [0.3, 0.4) is 0 Å². The smallest absolute Gasteiger partial charge is 0.115 e. The molecule has 0 aliphatic heterocycles. The molecule has 3 heteroatoms. The Hall–Kier alpha value is -2.00. The van der Waals surface area contributed by atoms with Crippen molar-refractivity contribution in [3.8, 4) is 11.5 Å². The molecule has 2 aromatic carbocycles. The van der Waals surface area contributed by atoms with Gasteiger partial charge in [0.1, 0.15) is 11.5 Å². The number of phenolic OH excluding ortho intramolecular Hbond substituents is 2. The van der Waals surface area contributed by atoms with Gasteiger partial charge in [-0.3, -0.25) is 0 Å². The van der Waals surface area contributed by atoms with Crippen LogP contribution in [0, 0.1) is 21.7 Å². The molecule has 0 amide bonds. The zero-order valence-electron chi connectivity index (χ0n) is 24.3. The lowest BCUT2D eigenvalue weighted by Crippen LogP contribution is -2.67. The van der Waals surface area contributed by atoms with Crippen LogP contribution in [0.4, 0.5) is 0 Å². The van der Waals surface area contributed by atoms with E-state index in [-0.39, 0.29) is 33.2 Å². The van der Waals surface area contributed by atoms with Gasteiger partial charge in [0.2, 0.25) is 0 Å². The van der Waals surface area contributed by atoms with Crippen LogP contribution in [0.2, 0.25) is 0 Å². The molecule has 3 nitrogen and oxygen atoms in total. The molecule has 0 saturated carbocycles. The van der Waals surface area contributed by atoms with E-state index in [1.165, 1.54) is 0 Å². The van der Waals surface area contributed by atoms with Gasteiger partial charge in [0.15, 0.2) is 0 Å². The number of hydrogen-bond donors (Lipinski definition) is 2. The third kappa shape index (κ3) is 5.88. The van der Waals surface area contributed by atoms with Gasteiger partial charge in [0.05, 0.1) is 11.2 Å². The number of phenols is 2. The van der Waals surface area contributed by atoms with Crippen molar-refractivity contribution in [2.45, 2.75) is 107 Å². The van der Waals surface area contributed by atoms with Crippen molar-refractivity contribution in [2.24, 2.45) is 21.7 Å². The number of aromatic hydroxyl groups is 2. The van der Waals surface area contributed by atoms with Gasteiger partial charge in [-0.1, -0.05) is 107 Å². The molecule has 0 bridgehead atoms. The monoisotopic (exact) mass is 482 g/mol. The first-order valence-corrected chi connectivity index (χ1v) is 12.9. The first-order valence-electron chi connectivity index (χ1n) is 12.9. The lowest BCUT2D eigenvalue weighted by molar-refractivity contribution is -0.304. The fourth-order valence-electron chi connectivity index (χ4n) is 6.10. The zero-order chi connectivity index (χ0) is 27.1. The molecule has 0 aliphatic carbocycles. The van der Waals surface area contributed by atoms with Crippen molar-refractivity contribution >= 4 is 0 Å². The summed E-state index contributed by atoms with van der Waals surface area (Å²) in [4.78, 5) is 0. The summed E-state index contributed by atoms with van der Waals surface area (Å²) in [6, 6.07) is 15.1. The van der Waals surface area contributed by atoms with Gasteiger partial charge in [0, 0.05) is 12.8 Å². The number of rotatable bonds is 6. The van der Waals surface area contributed by atoms with Gasteiger partial charge >= 0.3 is 0 Å². The average Bonchev–Trinajstić information content (AvgIpc) is 2.66. The lowest BCUT2D eigenvalue weighted by atomic mass is 9.56. The summed E-state index contributed by atoms with van der Waals surface area (Å²) in [6.45, 7) is 27.4. The third-order valence-electron chi connectivity index (χ3n) is 7.97. The van der Waals surface area contributed by atoms with Gasteiger partial charge in [0.25, 0.3) is 0 Å². The van der Waals surface area contributed by atoms with Crippen LogP contribution < -0.4 is 0 Å². The van der Waals surface area contributed by atoms with Crippen LogP contribution in [-0.2, 0) is 17.6 Å². The van der Waals surface area contributed by atoms with Gasteiger partial charge in [-0.15, -0.1) is 0 Å². The predicted molar refractivity (Wildman–Crippen MR) is 148 cm³/mol. The normalized spacial score (nSPS) is 14.3. The van der Waals surface area contributed by atoms with E-state index in [0.717, 1.165) is 24.0 Å². The summed E-state index contributed by atoms with van der Waals surface area (Å²) < 4.78 is 7.83. The van der Waals surface area contributed by atoms with Crippen LogP contribution in [0.25, 0.3) is 0 Å².